The molecule has 0 bridgehead atoms. The number of anilines is 3. The van der Waals surface area contributed by atoms with Crippen molar-refractivity contribution in [3.8, 4) is 5.75 Å². The third-order valence-electron chi connectivity index (χ3n) is 5.66. The van der Waals surface area contributed by atoms with E-state index in [9.17, 15) is 27.6 Å². The number of carbonyl (C=O) groups excluding carboxylic acids is 3. The highest BCUT2D eigenvalue weighted by Crippen LogP contribution is 2.28. The van der Waals surface area contributed by atoms with Crippen LogP contribution in [0.15, 0.2) is 54.9 Å². The van der Waals surface area contributed by atoms with Crippen LogP contribution in [0.3, 0.4) is 0 Å². The van der Waals surface area contributed by atoms with Crippen molar-refractivity contribution in [3.05, 3.63) is 71.1 Å². The van der Waals surface area contributed by atoms with Gasteiger partial charge in [-0.25, -0.2) is 14.8 Å². The van der Waals surface area contributed by atoms with Crippen LogP contribution < -0.4 is 25.6 Å². The maximum Gasteiger partial charge on any atom is 0.490 e. The number of carbonyl (C=O) groups is 4. The van der Waals surface area contributed by atoms with Gasteiger partial charge in [-0.15, -0.1) is 0 Å². The van der Waals surface area contributed by atoms with E-state index in [4.69, 9.17) is 31.0 Å². The summed E-state index contributed by atoms with van der Waals surface area (Å²) in [6.07, 6.45) is -1.65. The van der Waals surface area contributed by atoms with Crippen molar-refractivity contribution in [2.75, 3.05) is 55.0 Å². The number of nitrogens with one attached hydrogen (secondary N) is 3. The van der Waals surface area contributed by atoms with Gasteiger partial charge in [0.2, 0.25) is 6.41 Å². The van der Waals surface area contributed by atoms with Crippen LogP contribution in [0.1, 0.15) is 20.8 Å². The molecule has 234 valence electrons. The van der Waals surface area contributed by atoms with Gasteiger partial charge < -0.3 is 35.4 Å². The van der Waals surface area contributed by atoms with Gasteiger partial charge in [-0.05, 0) is 36.4 Å². The molecule has 4 N–H and O–H groups in total. The average molecular weight is 639 g/mol. The number of carboxylic acid groups (broad SMARTS) is 1. The van der Waals surface area contributed by atoms with E-state index in [1.54, 1.807) is 36.4 Å². The van der Waals surface area contributed by atoms with Crippen LogP contribution in [0.4, 0.5) is 30.4 Å². The molecule has 0 spiro atoms. The van der Waals surface area contributed by atoms with Crippen molar-refractivity contribution in [2.45, 2.75) is 6.18 Å². The third kappa shape index (κ3) is 10.1. The van der Waals surface area contributed by atoms with E-state index in [1.807, 2.05) is 6.07 Å². The Morgan fingerprint density at radius 2 is 1.80 bits per heavy atom. The topological polar surface area (TPSA) is 172 Å². The lowest BCUT2D eigenvalue weighted by atomic mass is 10.1. The summed E-state index contributed by atoms with van der Waals surface area (Å²) in [4.78, 5) is 55.9. The van der Waals surface area contributed by atoms with Crippen LogP contribution in [-0.2, 0) is 14.3 Å². The van der Waals surface area contributed by atoms with E-state index in [2.05, 4.69) is 30.8 Å². The highest BCUT2D eigenvalue weighted by atomic mass is 35.5. The van der Waals surface area contributed by atoms with E-state index in [-0.39, 0.29) is 35.9 Å². The molecule has 44 heavy (non-hydrogen) atoms. The number of pyridine rings is 2. The number of alkyl halides is 3. The molecule has 2 aromatic heterocycles. The molecule has 13 nitrogen and oxygen atoms in total. The number of morpholine rings is 1. The van der Waals surface area contributed by atoms with Crippen molar-refractivity contribution in [2.24, 2.45) is 0 Å². The van der Waals surface area contributed by atoms with Gasteiger partial charge in [0.25, 0.3) is 11.8 Å². The summed E-state index contributed by atoms with van der Waals surface area (Å²) in [5.74, 6) is -3.17. The minimum absolute atomic E-state index is 0.00943. The van der Waals surface area contributed by atoms with Gasteiger partial charge in [0.15, 0.2) is 5.69 Å². The van der Waals surface area contributed by atoms with E-state index < -0.39 is 24.0 Å². The van der Waals surface area contributed by atoms with Gasteiger partial charge in [0.1, 0.15) is 18.2 Å². The third-order valence-corrected chi connectivity index (χ3v) is 5.88. The monoisotopic (exact) mass is 638 g/mol. The van der Waals surface area contributed by atoms with Crippen molar-refractivity contribution < 1.29 is 46.9 Å². The van der Waals surface area contributed by atoms with Crippen LogP contribution in [0.5, 0.6) is 5.75 Å². The predicted octanol–water partition coefficient (Wildman–Crippen LogP) is 3.23. The molecular weight excluding hydrogens is 613 g/mol. The highest BCUT2D eigenvalue weighted by Gasteiger charge is 2.38. The van der Waals surface area contributed by atoms with Crippen molar-refractivity contribution in [3.63, 3.8) is 0 Å². The number of aromatic nitrogens is 2. The number of amides is 3. The van der Waals surface area contributed by atoms with Gasteiger partial charge in [-0.2, -0.15) is 13.2 Å². The molecule has 1 aromatic carbocycles. The summed E-state index contributed by atoms with van der Waals surface area (Å²) in [5.41, 5.74) is 1.37. The standard InChI is InChI=1S/C25H25ClN6O5.C2HF3O2/c26-17-3-6-22(29-15-17)31-25(35)23-20(2-1-7-28-23)30-24(34)19-5-4-18(32-9-12-36-13-10-32)14-21(19)37-11-8-27-16-33;3-2(4,5)1(6)7/h1-7,14-16H,8-13H2,(H,27,33)(H,30,34)(H,29,31,35);(H,6,7). The summed E-state index contributed by atoms with van der Waals surface area (Å²) in [7, 11) is 0. The highest BCUT2D eigenvalue weighted by molar-refractivity contribution is 6.30. The quantitative estimate of drug-likeness (QED) is 0.191. The van der Waals surface area contributed by atoms with E-state index in [1.165, 1.54) is 12.4 Å². The first-order chi connectivity index (χ1) is 21.0. The van der Waals surface area contributed by atoms with Crippen LogP contribution in [0.2, 0.25) is 5.02 Å². The Labute approximate surface area is 253 Å². The Balaban J connectivity index is 0.000000676. The second kappa shape index (κ2) is 16.0. The molecule has 0 saturated carbocycles. The fourth-order valence-electron chi connectivity index (χ4n) is 3.62. The second-order valence-electron chi connectivity index (χ2n) is 8.67. The molecular formula is C27H26ClF3N6O7. The molecule has 3 aromatic rings. The molecule has 1 aliphatic heterocycles. The van der Waals surface area contributed by atoms with Gasteiger partial charge in [-0.1, -0.05) is 11.6 Å². The van der Waals surface area contributed by atoms with Crippen molar-refractivity contribution in [1.82, 2.24) is 15.3 Å². The predicted molar refractivity (Wildman–Crippen MR) is 152 cm³/mol. The first-order valence-electron chi connectivity index (χ1n) is 12.8. The fourth-order valence-corrected chi connectivity index (χ4v) is 3.73. The van der Waals surface area contributed by atoms with E-state index in [0.29, 0.717) is 43.5 Å². The normalized spacial score (nSPS) is 12.7. The Bertz CT molecular complexity index is 1450. The molecule has 0 radical (unpaired) electrons. The molecule has 0 unspecified atom stereocenters. The molecule has 1 saturated heterocycles. The van der Waals surface area contributed by atoms with Crippen LogP contribution in [-0.4, -0.2) is 84.9 Å². The number of nitrogens with zero attached hydrogens (tertiary/aromatic N) is 3. The Morgan fingerprint density at radius 3 is 2.43 bits per heavy atom. The minimum Gasteiger partial charge on any atom is -0.491 e. The van der Waals surface area contributed by atoms with Crippen LogP contribution in [0.25, 0.3) is 0 Å². The maximum absolute atomic E-state index is 13.3. The number of benzene rings is 1. The molecule has 0 atom stereocenters. The summed E-state index contributed by atoms with van der Waals surface area (Å²) >= 11 is 5.85. The zero-order valence-corrected chi connectivity index (χ0v) is 23.5. The number of aliphatic carboxylic acids is 1. The number of ether oxygens (including phenoxy) is 2. The first-order valence-corrected chi connectivity index (χ1v) is 13.1. The summed E-state index contributed by atoms with van der Waals surface area (Å²) < 4.78 is 43.0. The summed E-state index contributed by atoms with van der Waals surface area (Å²) in [6.45, 7) is 3.10. The molecule has 1 fully saturated rings. The number of hydrogen-bond donors (Lipinski definition) is 4. The molecule has 3 amide bonds. The lowest BCUT2D eigenvalue weighted by molar-refractivity contribution is -0.192. The summed E-state index contributed by atoms with van der Waals surface area (Å²) in [6, 6.07) is 11.6. The van der Waals surface area contributed by atoms with E-state index in [0.717, 1.165) is 5.69 Å². The molecule has 1 aliphatic rings. The number of carboxylic acids is 1. The van der Waals surface area contributed by atoms with Crippen LogP contribution in [0, 0.1) is 0 Å². The Hall–Kier alpha value is -4.96. The lowest BCUT2D eigenvalue weighted by Gasteiger charge is -2.29. The zero-order chi connectivity index (χ0) is 32.1. The first kappa shape index (κ1) is 33.5. The lowest BCUT2D eigenvalue weighted by Crippen LogP contribution is -2.36. The molecule has 0 aliphatic carbocycles. The number of hydrogen-bond acceptors (Lipinski definition) is 9. The van der Waals surface area contributed by atoms with Gasteiger partial charge in [0.05, 0.1) is 36.0 Å². The Kier molecular flexibility index (Phi) is 12.2. The number of rotatable bonds is 10. The Morgan fingerprint density at radius 1 is 1.07 bits per heavy atom. The molecule has 3 heterocycles. The van der Waals surface area contributed by atoms with Crippen LogP contribution >= 0.6 is 11.6 Å². The molecule has 17 heteroatoms. The maximum atomic E-state index is 13.3. The number of halogens is 4. The molecule has 4 rings (SSSR count). The van der Waals surface area contributed by atoms with Gasteiger partial charge in [-0.3, -0.25) is 14.4 Å². The van der Waals surface area contributed by atoms with Gasteiger partial charge in [0, 0.05) is 37.2 Å². The second-order valence-corrected chi connectivity index (χ2v) is 9.11. The smallest absolute Gasteiger partial charge is 0.490 e. The summed E-state index contributed by atoms with van der Waals surface area (Å²) in [5, 5.41) is 15.5. The van der Waals surface area contributed by atoms with Gasteiger partial charge >= 0.3 is 12.1 Å². The van der Waals surface area contributed by atoms with Crippen molar-refractivity contribution >= 4 is 53.0 Å². The zero-order valence-electron chi connectivity index (χ0n) is 22.8. The fraction of sp³-hybridized carbons (Fsp3) is 0.259. The average Bonchev–Trinajstić information content (AvgIpc) is 3.01. The minimum atomic E-state index is -5.08. The van der Waals surface area contributed by atoms with E-state index >= 15 is 0 Å². The SMILES string of the molecule is O=C(O)C(F)(F)F.O=CNCCOc1cc(N2CCOCC2)ccc1C(=O)Nc1cccnc1C(=O)Nc1ccc(Cl)cn1. The largest absolute Gasteiger partial charge is 0.491 e. The van der Waals surface area contributed by atoms with Crippen molar-refractivity contribution in [1.29, 1.82) is 0 Å².